The molecule has 1 aromatic heterocycles. The number of sulfonamides is 1. The fraction of sp³-hybridized carbons (Fsp3) is 0.214. The molecule has 0 atom stereocenters. The maximum absolute atomic E-state index is 11.8. The average molecular weight is 435 g/mol. The summed E-state index contributed by atoms with van der Waals surface area (Å²) in [4.78, 5) is 13.7. The van der Waals surface area contributed by atoms with Crippen molar-refractivity contribution in [1.82, 2.24) is 5.32 Å². The molecule has 0 bridgehead atoms. The largest absolute Gasteiger partial charge is 0.351 e. The Bertz CT molecular complexity index is 773. The Morgan fingerprint density at radius 1 is 1.22 bits per heavy atom. The highest BCUT2D eigenvalue weighted by Gasteiger charge is 2.11. The minimum Gasteiger partial charge on any atom is -0.351 e. The number of amides is 1. The number of benzene rings is 1. The van der Waals surface area contributed by atoms with Gasteiger partial charge < -0.3 is 5.32 Å². The van der Waals surface area contributed by atoms with Crippen LogP contribution in [0.15, 0.2) is 50.0 Å². The highest BCUT2D eigenvalue weighted by molar-refractivity contribution is 9.10. The van der Waals surface area contributed by atoms with Crippen LogP contribution in [-0.2, 0) is 21.4 Å². The lowest BCUT2D eigenvalue weighted by Gasteiger charge is -2.04. The van der Waals surface area contributed by atoms with E-state index in [1.165, 1.54) is 6.07 Å². The minimum atomic E-state index is -3.67. The van der Waals surface area contributed by atoms with E-state index in [4.69, 9.17) is 5.14 Å². The van der Waals surface area contributed by atoms with Crippen molar-refractivity contribution in [3.63, 3.8) is 0 Å². The summed E-state index contributed by atoms with van der Waals surface area (Å²) < 4.78 is 23.5. The highest BCUT2D eigenvalue weighted by atomic mass is 79.9. The lowest BCUT2D eigenvalue weighted by Crippen LogP contribution is -2.22. The Hall–Kier alpha value is -0.870. The molecule has 0 fully saturated rings. The molecule has 0 saturated carbocycles. The van der Waals surface area contributed by atoms with Gasteiger partial charge in [-0.15, -0.1) is 23.1 Å². The van der Waals surface area contributed by atoms with Crippen molar-refractivity contribution in [2.24, 2.45) is 5.14 Å². The molecule has 124 valence electrons. The number of hydrogen-bond donors (Lipinski definition) is 2. The number of nitrogens with one attached hydrogen (secondary N) is 1. The van der Waals surface area contributed by atoms with Crippen molar-refractivity contribution in [2.45, 2.75) is 22.1 Å². The predicted octanol–water partition coefficient (Wildman–Crippen LogP) is 2.96. The third-order valence-corrected chi connectivity index (χ3v) is 6.85. The summed E-state index contributed by atoms with van der Waals surface area (Å²) in [5.41, 5.74) is 0. The first-order valence-electron chi connectivity index (χ1n) is 6.61. The smallest absolute Gasteiger partial charge is 0.247 e. The van der Waals surface area contributed by atoms with Crippen LogP contribution in [0.2, 0.25) is 0 Å². The van der Waals surface area contributed by atoms with Gasteiger partial charge in [-0.05, 0) is 36.4 Å². The van der Waals surface area contributed by atoms with Gasteiger partial charge in [0, 0.05) is 26.4 Å². The third-order valence-electron chi connectivity index (χ3n) is 2.79. The third kappa shape index (κ3) is 6.27. The first-order valence-corrected chi connectivity index (χ1v) is 10.8. The number of carbonyl (C=O) groups excluding carboxylic acids is 1. The molecule has 2 aromatic rings. The molecule has 5 nitrogen and oxygen atoms in total. The normalized spacial score (nSPS) is 11.4. The van der Waals surface area contributed by atoms with Crippen molar-refractivity contribution in [2.75, 3.05) is 5.75 Å². The second kappa shape index (κ2) is 8.29. The minimum absolute atomic E-state index is 0.0693. The topological polar surface area (TPSA) is 89.3 Å². The Kier molecular flexibility index (Phi) is 6.66. The number of thiophene rings is 1. The Morgan fingerprint density at radius 3 is 2.52 bits per heavy atom. The molecule has 0 unspecified atom stereocenters. The number of primary sulfonamides is 1. The van der Waals surface area contributed by atoms with E-state index in [1.54, 1.807) is 17.8 Å². The van der Waals surface area contributed by atoms with E-state index in [-0.39, 0.29) is 10.1 Å². The molecule has 9 heteroatoms. The quantitative estimate of drug-likeness (QED) is 0.655. The molecule has 3 N–H and O–H groups in total. The highest BCUT2D eigenvalue weighted by Crippen LogP contribution is 2.22. The molecule has 0 spiro atoms. The molecule has 1 heterocycles. The lowest BCUT2D eigenvalue weighted by atomic mass is 10.4. The first-order chi connectivity index (χ1) is 10.8. The van der Waals surface area contributed by atoms with Gasteiger partial charge in [-0.2, -0.15) is 0 Å². The molecule has 1 amide bonds. The number of carbonyl (C=O) groups is 1. The predicted molar refractivity (Wildman–Crippen MR) is 97.0 cm³/mol. The van der Waals surface area contributed by atoms with E-state index in [2.05, 4.69) is 21.2 Å². The van der Waals surface area contributed by atoms with E-state index in [0.29, 0.717) is 18.7 Å². The molecule has 0 aliphatic carbocycles. The maximum atomic E-state index is 11.8. The van der Waals surface area contributed by atoms with Crippen LogP contribution in [-0.4, -0.2) is 20.1 Å². The van der Waals surface area contributed by atoms with Gasteiger partial charge in [-0.25, -0.2) is 13.6 Å². The van der Waals surface area contributed by atoms with Gasteiger partial charge in [0.2, 0.25) is 15.9 Å². The van der Waals surface area contributed by atoms with Gasteiger partial charge in [-0.1, -0.05) is 15.9 Å². The zero-order valence-corrected chi connectivity index (χ0v) is 16.0. The van der Waals surface area contributed by atoms with Crippen LogP contribution in [0.1, 0.15) is 11.3 Å². The average Bonchev–Trinajstić information content (AvgIpc) is 2.96. The van der Waals surface area contributed by atoms with Crippen LogP contribution < -0.4 is 10.5 Å². The fourth-order valence-electron chi connectivity index (χ4n) is 1.67. The van der Waals surface area contributed by atoms with E-state index in [9.17, 15) is 13.2 Å². The van der Waals surface area contributed by atoms with Crippen LogP contribution in [0.5, 0.6) is 0 Å². The Labute approximate surface area is 151 Å². The standard InChI is InChI=1S/C14H15BrN2O3S3/c15-10-1-3-11(4-2-10)21-8-7-13(18)17-9-12-5-6-14(22-12)23(16,19)20/h1-6H,7-9H2,(H,17,18)(H2,16,19,20). The van der Waals surface area contributed by atoms with Gasteiger partial charge in [0.1, 0.15) is 4.21 Å². The molecule has 0 aliphatic rings. The molecule has 1 aromatic carbocycles. The summed E-state index contributed by atoms with van der Waals surface area (Å²) in [7, 11) is -3.67. The van der Waals surface area contributed by atoms with Crippen molar-refractivity contribution >= 4 is 55.0 Å². The number of hydrogen-bond acceptors (Lipinski definition) is 5. The zero-order valence-electron chi connectivity index (χ0n) is 12.0. The van der Waals surface area contributed by atoms with Crippen LogP contribution in [0.25, 0.3) is 0 Å². The number of thioether (sulfide) groups is 1. The van der Waals surface area contributed by atoms with E-state index in [1.807, 2.05) is 24.3 Å². The van der Waals surface area contributed by atoms with Crippen molar-refractivity contribution in [3.8, 4) is 0 Å². The van der Waals surface area contributed by atoms with Gasteiger partial charge in [0.25, 0.3) is 0 Å². The first kappa shape index (κ1) is 18.5. The molecular formula is C14H15BrN2O3S3. The van der Waals surface area contributed by atoms with Crippen LogP contribution in [0, 0.1) is 0 Å². The lowest BCUT2D eigenvalue weighted by molar-refractivity contribution is -0.120. The van der Waals surface area contributed by atoms with E-state index < -0.39 is 10.0 Å². The summed E-state index contributed by atoms with van der Waals surface area (Å²) in [6.45, 7) is 0.308. The second-order valence-corrected chi connectivity index (χ2v) is 9.64. The summed E-state index contributed by atoms with van der Waals surface area (Å²) in [6.07, 6.45) is 0.397. The summed E-state index contributed by atoms with van der Waals surface area (Å²) in [6, 6.07) is 11.0. The Morgan fingerprint density at radius 2 is 1.91 bits per heavy atom. The van der Waals surface area contributed by atoms with Gasteiger partial charge in [0.05, 0.1) is 6.54 Å². The number of halogens is 1. The molecule has 0 aliphatic heterocycles. The monoisotopic (exact) mass is 434 g/mol. The molecule has 0 saturated heterocycles. The van der Waals surface area contributed by atoms with Crippen molar-refractivity contribution in [3.05, 3.63) is 45.7 Å². The summed E-state index contributed by atoms with van der Waals surface area (Å²) >= 11 is 6.05. The van der Waals surface area contributed by atoms with Crippen molar-refractivity contribution in [1.29, 1.82) is 0 Å². The van der Waals surface area contributed by atoms with E-state index >= 15 is 0 Å². The van der Waals surface area contributed by atoms with Crippen LogP contribution in [0.4, 0.5) is 0 Å². The molecule has 23 heavy (non-hydrogen) atoms. The fourth-order valence-corrected chi connectivity index (χ4v) is 4.51. The van der Waals surface area contributed by atoms with Crippen LogP contribution in [0.3, 0.4) is 0 Å². The Balaban J connectivity index is 1.73. The molecular weight excluding hydrogens is 420 g/mol. The van der Waals surface area contributed by atoms with Gasteiger partial charge in [0.15, 0.2) is 0 Å². The second-order valence-electron chi connectivity index (χ2n) is 4.59. The zero-order chi connectivity index (χ0) is 16.9. The van der Waals surface area contributed by atoms with E-state index in [0.717, 1.165) is 25.6 Å². The number of nitrogens with two attached hydrogens (primary N) is 1. The summed E-state index contributed by atoms with van der Waals surface area (Å²) in [5, 5.41) is 7.82. The summed E-state index contributed by atoms with van der Waals surface area (Å²) in [5.74, 6) is 0.612. The van der Waals surface area contributed by atoms with Crippen molar-refractivity contribution < 1.29 is 13.2 Å². The van der Waals surface area contributed by atoms with Gasteiger partial charge in [-0.3, -0.25) is 4.79 Å². The maximum Gasteiger partial charge on any atom is 0.247 e. The SMILES string of the molecule is NS(=O)(=O)c1ccc(CNC(=O)CCSc2ccc(Br)cc2)s1. The number of rotatable bonds is 7. The molecule has 0 radical (unpaired) electrons. The van der Waals surface area contributed by atoms with Gasteiger partial charge >= 0.3 is 0 Å². The molecule has 2 rings (SSSR count). The van der Waals surface area contributed by atoms with Crippen LogP contribution >= 0.6 is 39.0 Å².